The molecule has 10 nitrogen and oxygen atoms in total. The van der Waals surface area contributed by atoms with Crippen LogP contribution in [0.2, 0.25) is 0 Å². The number of rotatable bonds is 18. The monoisotopic (exact) mass is 784 g/mol. The molecular formula is C41H68O10S2. The van der Waals surface area contributed by atoms with E-state index in [0.29, 0.717) is 22.1 Å². The maximum atomic E-state index is 12.9. The third-order valence-electron chi connectivity index (χ3n) is 11.2. The average molecular weight is 785 g/mol. The number of hydrogen-bond acceptors (Lipinski definition) is 10. The Morgan fingerprint density at radius 1 is 0.660 bits per heavy atom. The molecule has 2 saturated heterocycles. The van der Waals surface area contributed by atoms with Gasteiger partial charge in [-0.15, -0.1) is 0 Å². The minimum absolute atomic E-state index is 0. The zero-order valence-electron chi connectivity index (χ0n) is 32.3. The highest BCUT2D eigenvalue weighted by atomic mass is 32.2. The first-order valence-corrected chi connectivity index (χ1v) is 22.1. The summed E-state index contributed by atoms with van der Waals surface area (Å²) in [5, 5.41) is 18.9. The third-order valence-corrected chi connectivity index (χ3v) is 14.8. The van der Waals surface area contributed by atoms with Crippen LogP contribution in [0.4, 0.5) is 0 Å². The number of benzene rings is 2. The van der Waals surface area contributed by atoms with Gasteiger partial charge in [0.05, 0.1) is 70.6 Å². The zero-order valence-corrected chi connectivity index (χ0v) is 34.0. The highest BCUT2D eigenvalue weighted by Gasteiger charge is 2.46. The molecule has 2 aromatic carbocycles. The van der Waals surface area contributed by atoms with Crippen molar-refractivity contribution < 1.29 is 46.0 Å². The standard InChI is InChI=1S/C21H34O4S.C19H30O6S.CH4/c1-6-15(2)12-20-17(4)19(21(25-20)13-16(3)24-5)14-26(22,23)18-10-8-7-9-11-18;1-13(24-3)9-19-17(14(2)18(25-19)10-15(21)11-20)12-26(22,23)16-7-5-4-6-8-16;/h7-11,15-17,19-21H,6,12-14H2,1-5H3;4-8,13-15,17-21H,9-12H2,1-3H3;1H4/t15-,16?,17-,19-,20-,21+;13?,14-,15+,17-,18-,19+;/m11./s1. The molecule has 2 aromatic rings. The predicted octanol–water partition coefficient (Wildman–Crippen LogP) is 6.63. The lowest BCUT2D eigenvalue weighted by Gasteiger charge is -2.23. The van der Waals surface area contributed by atoms with Crippen LogP contribution in [0, 0.1) is 29.6 Å². The molecule has 0 amide bonds. The Morgan fingerprint density at radius 3 is 1.38 bits per heavy atom. The van der Waals surface area contributed by atoms with E-state index in [1.807, 2.05) is 26.8 Å². The molecule has 4 rings (SSSR count). The lowest BCUT2D eigenvalue weighted by molar-refractivity contribution is -0.0309. The van der Waals surface area contributed by atoms with Crippen LogP contribution in [0.15, 0.2) is 70.5 Å². The van der Waals surface area contributed by atoms with Crippen molar-refractivity contribution in [2.24, 2.45) is 29.6 Å². The number of ether oxygens (including phenoxy) is 4. The van der Waals surface area contributed by atoms with E-state index in [4.69, 9.17) is 24.1 Å². The van der Waals surface area contributed by atoms with Crippen molar-refractivity contribution >= 4 is 19.7 Å². The molecule has 2 N–H and O–H groups in total. The van der Waals surface area contributed by atoms with Crippen molar-refractivity contribution in [3.05, 3.63) is 60.7 Å². The van der Waals surface area contributed by atoms with Gasteiger partial charge in [-0.1, -0.05) is 77.9 Å². The summed E-state index contributed by atoms with van der Waals surface area (Å²) in [5.74, 6) is 0.662. The summed E-state index contributed by atoms with van der Waals surface area (Å²) in [6.07, 6.45) is 2.31. The Kier molecular flexibility index (Phi) is 19.6. The Bertz CT molecular complexity index is 1410. The van der Waals surface area contributed by atoms with Crippen molar-refractivity contribution in [3.63, 3.8) is 0 Å². The fourth-order valence-electron chi connectivity index (χ4n) is 7.35. The fraction of sp³-hybridized carbons (Fsp3) is 0.707. The highest BCUT2D eigenvalue weighted by Crippen LogP contribution is 2.41. The lowest BCUT2D eigenvalue weighted by atomic mass is 9.85. The maximum Gasteiger partial charge on any atom is 0.178 e. The van der Waals surface area contributed by atoms with Crippen molar-refractivity contribution in [2.75, 3.05) is 32.3 Å². The van der Waals surface area contributed by atoms with Crippen LogP contribution in [-0.4, -0.2) is 102 Å². The molecule has 0 radical (unpaired) electrons. The number of hydrogen-bond donors (Lipinski definition) is 2. The van der Waals surface area contributed by atoms with Gasteiger partial charge in [-0.05, 0) is 75.1 Å². The van der Waals surface area contributed by atoms with Gasteiger partial charge in [0.1, 0.15) is 0 Å². The second kappa shape index (κ2) is 22.0. The molecule has 0 aliphatic carbocycles. The van der Waals surface area contributed by atoms with Crippen LogP contribution >= 0.6 is 0 Å². The number of aliphatic hydroxyl groups is 2. The van der Waals surface area contributed by atoms with Crippen molar-refractivity contribution in [1.82, 2.24) is 0 Å². The Labute approximate surface area is 320 Å². The molecule has 2 aliphatic rings. The van der Waals surface area contributed by atoms with E-state index < -0.39 is 25.8 Å². The van der Waals surface area contributed by atoms with Gasteiger partial charge in [0.15, 0.2) is 19.7 Å². The van der Waals surface area contributed by atoms with Crippen LogP contribution in [-0.2, 0) is 38.6 Å². The van der Waals surface area contributed by atoms with Crippen LogP contribution < -0.4 is 0 Å². The van der Waals surface area contributed by atoms with Crippen LogP contribution in [0.1, 0.15) is 81.1 Å². The number of sulfone groups is 2. The highest BCUT2D eigenvalue weighted by molar-refractivity contribution is 7.91. The molecule has 2 unspecified atom stereocenters. The molecule has 2 heterocycles. The quantitative estimate of drug-likeness (QED) is 0.169. The van der Waals surface area contributed by atoms with Gasteiger partial charge in [0.2, 0.25) is 0 Å². The van der Waals surface area contributed by atoms with E-state index in [1.165, 1.54) is 0 Å². The summed E-state index contributed by atoms with van der Waals surface area (Å²) in [6, 6.07) is 17.2. The second-order valence-electron chi connectivity index (χ2n) is 15.0. The van der Waals surface area contributed by atoms with Gasteiger partial charge >= 0.3 is 0 Å². The topological polar surface area (TPSA) is 146 Å². The molecule has 12 heteroatoms. The molecule has 0 aromatic heterocycles. The molecule has 2 aliphatic heterocycles. The van der Waals surface area contributed by atoms with E-state index in [1.54, 1.807) is 68.8 Å². The number of methoxy groups -OCH3 is 2. The Hall–Kier alpha value is -1.90. The van der Waals surface area contributed by atoms with E-state index >= 15 is 0 Å². The van der Waals surface area contributed by atoms with Gasteiger partial charge < -0.3 is 29.2 Å². The fourth-order valence-corrected chi connectivity index (χ4v) is 10.9. The van der Waals surface area contributed by atoms with Gasteiger partial charge in [-0.25, -0.2) is 16.8 Å². The molecule has 53 heavy (non-hydrogen) atoms. The first kappa shape index (κ1) is 47.3. The van der Waals surface area contributed by atoms with Crippen LogP contribution in [0.3, 0.4) is 0 Å². The van der Waals surface area contributed by atoms with Gasteiger partial charge in [-0.3, -0.25) is 0 Å². The molecule has 2 fully saturated rings. The van der Waals surface area contributed by atoms with E-state index in [0.717, 1.165) is 19.3 Å². The minimum atomic E-state index is -3.44. The SMILES string of the molecule is C.CC[C@@H](C)C[C@H]1O[C@@H](CC(C)OC)[C@H](CS(=O)(=O)c2ccccc2)[C@H]1C.COC(C)C[C@@H]1O[C@H](C[C@H](O)CO)[C@H](C)[C@H]1CS(=O)(=O)c1ccccc1. The van der Waals surface area contributed by atoms with E-state index in [2.05, 4.69) is 20.8 Å². The summed E-state index contributed by atoms with van der Waals surface area (Å²) in [4.78, 5) is 0.709. The summed E-state index contributed by atoms with van der Waals surface area (Å²) >= 11 is 0. The largest absolute Gasteiger partial charge is 0.394 e. The van der Waals surface area contributed by atoms with Crippen molar-refractivity contribution in [1.29, 1.82) is 0 Å². The average Bonchev–Trinajstić information content (AvgIpc) is 3.57. The summed E-state index contributed by atoms with van der Waals surface area (Å²) in [7, 11) is -3.47. The maximum absolute atomic E-state index is 12.9. The summed E-state index contributed by atoms with van der Waals surface area (Å²) in [6.45, 7) is 12.1. The van der Waals surface area contributed by atoms with Crippen molar-refractivity contribution in [3.8, 4) is 0 Å². The molecule has 0 saturated carbocycles. The third kappa shape index (κ3) is 13.7. The smallest absolute Gasteiger partial charge is 0.178 e. The van der Waals surface area contributed by atoms with Gasteiger partial charge in [0.25, 0.3) is 0 Å². The normalized spacial score (nSPS) is 28.3. The summed E-state index contributed by atoms with van der Waals surface area (Å²) in [5.41, 5.74) is 0. The molecular weight excluding hydrogens is 717 g/mol. The Morgan fingerprint density at radius 2 is 1.04 bits per heavy atom. The Balaban J connectivity index is 0.000000360. The zero-order chi connectivity index (χ0) is 38.6. The lowest BCUT2D eigenvalue weighted by Crippen LogP contribution is -2.31. The molecule has 0 bridgehead atoms. The first-order chi connectivity index (χ1) is 24.6. The molecule has 304 valence electrons. The number of aliphatic hydroxyl groups excluding tert-OH is 2. The molecule has 0 spiro atoms. The van der Waals surface area contributed by atoms with Gasteiger partial charge in [0, 0.05) is 32.5 Å². The van der Waals surface area contributed by atoms with Crippen LogP contribution in [0.5, 0.6) is 0 Å². The predicted molar refractivity (Wildman–Crippen MR) is 210 cm³/mol. The first-order valence-electron chi connectivity index (χ1n) is 18.8. The summed E-state index contributed by atoms with van der Waals surface area (Å²) < 4.78 is 74.8. The molecule has 12 atom stereocenters. The van der Waals surface area contributed by atoms with Gasteiger partial charge in [-0.2, -0.15) is 0 Å². The van der Waals surface area contributed by atoms with Crippen LogP contribution in [0.25, 0.3) is 0 Å². The van der Waals surface area contributed by atoms with E-state index in [-0.39, 0.29) is 92.3 Å². The van der Waals surface area contributed by atoms with E-state index in [9.17, 15) is 21.9 Å². The van der Waals surface area contributed by atoms with Crippen molar-refractivity contribution in [2.45, 2.75) is 134 Å². The minimum Gasteiger partial charge on any atom is -0.394 e. The second-order valence-corrected chi connectivity index (χ2v) is 19.1.